The molecule has 3 aromatic carbocycles. The van der Waals surface area contributed by atoms with E-state index in [9.17, 15) is 76.8 Å². The number of carboxylic acid groups (broad SMARTS) is 2. The Hall–Kier alpha value is -12.6. The number of phenolic OH excluding ortho intramolecular Hbond substituents is 1. The summed E-state index contributed by atoms with van der Waals surface area (Å²) in [5, 5.41) is 64.4. The number of sulfonamides is 1. The van der Waals surface area contributed by atoms with Crippen LogP contribution in [0.5, 0.6) is 5.75 Å². The third-order valence-corrected chi connectivity index (χ3v) is 27.6. The van der Waals surface area contributed by atoms with Gasteiger partial charge in [0.15, 0.2) is 5.78 Å². The van der Waals surface area contributed by atoms with Gasteiger partial charge in [-0.1, -0.05) is 102 Å². The number of H-pyrrole nitrogens is 1. The summed E-state index contributed by atoms with van der Waals surface area (Å²) >= 11 is 0.841. The quantitative estimate of drug-likeness (QED) is 0.0330. The van der Waals surface area contributed by atoms with Crippen LogP contribution in [0.25, 0.3) is 21.8 Å². The Bertz CT molecular complexity index is 5440. The Balaban J connectivity index is 1.12. The molecule has 0 bridgehead atoms. The van der Waals surface area contributed by atoms with Gasteiger partial charge < -0.3 is 114 Å². The highest BCUT2D eigenvalue weighted by molar-refractivity contribution is 8.01. The highest BCUT2D eigenvalue weighted by atomic mass is 32.2. The van der Waals surface area contributed by atoms with Gasteiger partial charge in [-0.3, -0.25) is 91.0 Å². The Morgan fingerprint density at radius 1 is 0.576 bits per heavy atom. The number of carboxylic acids is 2. The number of hydrogen-bond donors (Lipinski definition) is 17. The number of nitrogens with zero attached hydrogens (tertiary/aromatic N) is 6. The number of aromatic hydroxyl groups is 1. The van der Waals surface area contributed by atoms with E-state index in [0.717, 1.165) is 37.6 Å². The lowest BCUT2D eigenvalue weighted by atomic mass is 9.90. The molecule has 4 saturated heterocycles. The molecule has 4 aliphatic rings. The van der Waals surface area contributed by atoms with Crippen LogP contribution in [0.1, 0.15) is 174 Å². The van der Waals surface area contributed by atoms with Crippen LogP contribution >= 0.6 is 11.8 Å². The van der Waals surface area contributed by atoms with Crippen LogP contribution in [-0.4, -0.2) is 317 Å². The number of Topliss-reactive ketones (excluding diaryl/α,β-unsaturated/α-hetero) is 1. The fourth-order valence-electron chi connectivity index (χ4n) is 18.3. The number of aromatic amines is 1. The summed E-state index contributed by atoms with van der Waals surface area (Å²) in [5.41, 5.74) is 20.7. The van der Waals surface area contributed by atoms with Crippen LogP contribution in [0, 0.1) is 11.8 Å². The van der Waals surface area contributed by atoms with Gasteiger partial charge in [0.1, 0.15) is 84.8 Å². The van der Waals surface area contributed by atoms with Gasteiger partial charge in [0, 0.05) is 117 Å². The average Bonchev–Trinajstić information content (AvgIpc) is 1.69. The van der Waals surface area contributed by atoms with Crippen molar-refractivity contribution in [3.05, 3.63) is 102 Å². The number of benzene rings is 3. The van der Waals surface area contributed by atoms with Gasteiger partial charge in [-0.25, -0.2) is 8.42 Å². The molecule has 0 spiro atoms. The molecule has 43 nitrogen and oxygen atoms in total. The number of ketones is 1. The number of phenols is 1. The number of carbonyl (C=O) groups is 18. The highest BCUT2D eigenvalue weighted by Gasteiger charge is 2.48. The van der Waals surface area contributed by atoms with Crippen molar-refractivity contribution in [3.8, 4) is 5.75 Å². The normalized spacial score (nSPS) is 25.5. The SMILES string of the molecule is CCCC[C@H]1C(=O)N(C)[C@@H](CCCC)C(=O)N[C@@H](CC(C)C)C(=O)N[C@H](C(N)=O)C(C)(C)SCC(=O)N[C@@H](Cc2ccc(O)cc2)C(=O)N2CCCC[C@H]2C(=O)N[C@@H](CC(=O)O)C(=O)N2CCC[C@H]2C(=O)N[C@@H](CN)C(=O)N[C@@H](CCC(=O)O)C(=O)N2C[C@H](O)C[C@H]2C(=O)C[C@@H](Cc2c[nH]c3ccccc23)C(=O)N[C@@H](CCN)C(=O)N[C@@H](Cc2cn(CC(=O)NS(C)(=O)=O)c3ccccc23)C(=O)N1C. The smallest absolute Gasteiger partial charge is 0.305 e. The van der Waals surface area contributed by atoms with E-state index in [1.165, 1.54) is 67.9 Å². The van der Waals surface area contributed by atoms with Crippen LogP contribution in [0.2, 0.25) is 0 Å². The number of likely N-dealkylation sites (N-methyl/N-ethyl adjacent to an activating group) is 2. The van der Waals surface area contributed by atoms with Gasteiger partial charge in [-0.2, -0.15) is 0 Å². The summed E-state index contributed by atoms with van der Waals surface area (Å²) in [6.45, 7) is 7.77. The second kappa shape index (κ2) is 50.3. The molecule has 6 heterocycles. The largest absolute Gasteiger partial charge is 0.508 e. The number of primary amides is 1. The lowest BCUT2D eigenvalue weighted by Crippen LogP contribution is -2.62. The number of carbonyl (C=O) groups excluding carboxylic acids is 16. The first kappa shape index (κ1) is 110. The summed E-state index contributed by atoms with van der Waals surface area (Å²) in [7, 11) is -1.40. The van der Waals surface area contributed by atoms with Crippen LogP contribution in [-0.2, 0) is 122 Å². The molecule has 760 valence electrons. The van der Waals surface area contributed by atoms with E-state index in [-0.39, 0.29) is 89.1 Å². The van der Waals surface area contributed by atoms with Crippen molar-refractivity contribution in [1.29, 1.82) is 0 Å². The van der Waals surface area contributed by atoms with E-state index < -0.39 is 276 Å². The molecule has 5 aromatic rings. The molecule has 9 rings (SSSR count). The molecule has 0 unspecified atom stereocenters. The summed E-state index contributed by atoms with van der Waals surface area (Å²) < 4.78 is 26.6. The fraction of sp³-hybridized carbons (Fsp3) is 0.574. The number of nitrogens with one attached hydrogen (secondary N) is 10. The number of rotatable bonds is 26. The number of nitrogens with two attached hydrogens (primary N) is 3. The van der Waals surface area contributed by atoms with Gasteiger partial charge in [0.2, 0.25) is 92.7 Å². The number of para-hydroxylation sites is 2. The molecule has 20 N–H and O–H groups in total. The maximum Gasteiger partial charge on any atom is 0.305 e. The molecular weight excluding hydrogens is 1840 g/mol. The molecule has 4 aliphatic heterocycles. The zero-order valence-corrected chi connectivity index (χ0v) is 81.4. The predicted octanol–water partition coefficient (Wildman–Crippen LogP) is -0.542. The summed E-state index contributed by atoms with van der Waals surface area (Å²) in [4.78, 5) is 273. The average molecular weight is 1980 g/mol. The predicted molar refractivity (Wildman–Crippen MR) is 510 cm³/mol. The first-order chi connectivity index (χ1) is 65.8. The van der Waals surface area contributed by atoms with E-state index >= 15 is 38.4 Å². The fourth-order valence-corrected chi connectivity index (χ4v) is 19.7. The number of aromatic nitrogens is 2. The molecule has 15 amide bonds. The van der Waals surface area contributed by atoms with E-state index in [1.54, 1.807) is 68.6 Å². The molecule has 0 radical (unpaired) electrons. The Morgan fingerprint density at radius 3 is 1.76 bits per heavy atom. The Kier molecular flexibility index (Phi) is 39.8. The molecule has 4 fully saturated rings. The molecule has 45 heteroatoms. The molecule has 15 atom stereocenters. The number of aliphatic carboxylic acids is 2. The number of aliphatic hydroxyl groups excluding tert-OH is 1. The Morgan fingerprint density at radius 2 is 1.14 bits per heavy atom. The van der Waals surface area contributed by atoms with Crippen molar-refractivity contribution in [2.75, 3.05) is 58.8 Å². The molecular formula is C94H133N19O24S2. The summed E-state index contributed by atoms with van der Waals surface area (Å²) in [6.07, 6.45) is -0.428. The number of thioether (sulfide) groups is 1. The van der Waals surface area contributed by atoms with Gasteiger partial charge in [-0.15, -0.1) is 11.8 Å². The van der Waals surface area contributed by atoms with Gasteiger partial charge >= 0.3 is 11.9 Å². The number of aliphatic hydroxyl groups is 1. The Labute approximate surface area is 810 Å². The van der Waals surface area contributed by atoms with E-state index in [2.05, 4.69) is 47.5 Å². The van der Waals surface area contributed by atoms with Crippen molar-refractivity contribution in [3.63, 3.8) is 0 Å². The second-order valence-corrected chi connectivity index (χ2v) is 40.5. The van der Waals surface area contributed by atoms with Gasteiger partial charge in [0.05, 0.1) is 30.6 Å². The molecule has 2 aromatic heterocycles. The van der Waals surface area contributed by atoms with Gasteiger partial charge in [-0.05, 0) is 138 Å². The first-order valence-electron chi connectivity index (χ1n) is 47.0. The van der Waals surface area contributed by atoms with Crippen LogP contribution in [0.15, 0.2) is 85.2 Å². The third-order valence-electron chi connectivity index (χ3n) is 25.6. The van der Waals surface area contributed by atoms with E-state index in [1.807, 2.05) is 18.6 Å². The standard InChI is InChI=1S/C94H133N19O24S2/c1-10-12-24-70-86(128)102-64(39-52(3)4)84(126)106-80(81(97)123)94(5,6)138-51-77(118)99-65(40-53-29-31-57(114)32-30-53)91(133)111-37-19-18-27-71(111)87(129)104-67(45-79(121)122)92(134)112-38-20-28-72(112)88(130)105-68(46-96)85(127)101-63(33-34-78(119)120)90(132)113-49-58(115)44-74(113)75(116)43-54(41-55-47-98-61-23-16-14-21-59(55)61)82(124)100-62(35-36-95)83(125)103-66(89(131)109(8)73(25-13-11-2)93(135)108(70)7)42-56-48-110(50-76(117)107-139(9,136)137)69-26-17-15-22-60(56)69/h14-17,21-23,26,29-32,47-48,52,54,58,62-68,70-74,80,98,114-115H,10-13,18-20,24-25,27-28,33-46,49-51,95-96H2,1-9H3,(H2,97,123)(H,99,118)(H,100,124)(H,101,127)(H,102,128)(H,103,125)(H,104,129)(H,105,130)(H,106,126)(H,107,117)(H,119,120)(H,121,122)/t54-,58-,62+,63+,64+,65+,66+,67+,68+,70+,71+,72+,73+,74+,80-/m1/s1. The minimum absolute atomic E-state index is 0.00507. The highest BCUT2D eigenvalue weighted by Crippen LogP contribution is 2.33. The summed E-state index contributed by atoms with van der Waals surface area (Å²) in [6, 6.07) is -1.53. The number of fused-ring (bicyclic) bond motifs is 5. The van der Waals surface area contributed by atoms with Crippen LogP contribution in [0.3, 0.4) is 0 Å². The summed E-state index contributed by atoms with van der Waals surface area (Å²) in [5.74, 6) is -20.7. The van der Waals surface area contributed by atoms with E-state index in [4.69, 9.17) is 17.2 Å². The first-order valence-corrected chi connectivity index (χ1v) is 49.9. The molecule has 139 heavy (non-hydrogen) atoms. The van der Waals surface area contributed by atoms with Crippen molar-refractivity contribution < 1.29 is 115 Å². The third kappa shape index (κ3) is 30.0. The minimum atomic E-state index is -4.08. The number of amides is 15. The lowest BCUT2D eigenvalue weighted by molar-refractivity contribution is -0.149. The lowest BCUT2D eigenvalue weighted by Gasteiger charge is -2.38. The van der Waals surface area contributed by atoms with Crippen molar-refractivity contribution in [1.82, 2.24) is 81.3 Å². The van der Waals surface area contributed by atoms with Crippen LogP contribution in [0.4, 0.5) is 0 Å². The molecule has 0 aliphatic carbocycles. The number of unbranched alkanes of at least 4 members (excludes halogenated alkanes) is 2. The van der Waals surface area contributed by atoms with Crippen molar-refractivity contribution in [2.24, 2.45) is 29.0 Å². The zero-order chi connectivity index (χ0) is 102. The maximum atomic E-state index is 16.1. The second-order valence-electron chi connectivity index (χ2n) is 37.1. The van der Waals surface area contributed by atoms with E-state index in [0.29, 0.717) is 77.0 Å². The monoisotopic (exact) mass is 1980 g/mol. The van der Waals surface area contributed by atoms with Crippen molar-refractivity contribution >= 4 is 150 Å². The number of hydrogen-bond acceptors (Lipinski definition) is 25. The number of piperidine rings is 1. The molecule has 0 saturated carbocycles. The topological polar surface area (TPSA) is 646 Å². The maximum absolute atomic E-state index is 16.1. The van der Waals surface area contributed by atoms with Crippen molar-refractivity contribution in [2.45, 2.75) is 272 Å². The zero-order valence-electron chi connectivity index (χ0n) is 79.8. The van der Waals surface area contributed by atoms with Crippen LogP contribution < -0.4 is 64.5 Å². The minimum Gasteiger partial charge on any atom is -0.508 e. The van der Waals surface area contributed by atoms with Gasteiger partial charge in [0.25, 0.3) is 5.91 Å².